The Morgan fingerprint density at radius 1 is 1.24 bits per heavy atom. The predicted molar refractivity (Wildman–Crippen MR) is 109 cm³/mol. The summed E-state index contributed by atoms with van der Waals surface area (Å²) in [5.41, 5.74) is 0.900. The molecule has 4 atom stereocenters. The van der Waals surface area contributed by atoms with Crippen molar-refractivity contribution in [1.29, 1.82) is 0 Å². The molecule has 2 aromatic rings. The van der Waals surface area contributed by atoms with Gasteiger partial charge in [0, 0.05) is 19.5 Å². The molecule has 1 aromatic heterocycles. The van der Waals surface area contributed by atoms with Gasteiger partial charge in [0.15, 0.2) is 6.10 Å². The van der Waals surface area contributed by atoms with Gasteiger partial charge in [0.25, 0.3) is 5.91 Å². The summed E-state index contributed by atoms with van der Waals surface area (Å²) in [5, 5.41) is 58.0. The number of benzene rings is 1. The van der Waals surface area contributed by atoms with Crippen LogP contribution < -0.4 is 10.1 Å². The Morgan fingerprint density at radius 2 is 2.03 bits per heavy atom. The molecule has 0 unspecified atom stereocenters. The molecule has 0 radical (unpaired) electrons. The number of nitrogens with zero attached hydrogens (tertiary/aromatic N) is 3. The topological polar surface area (TPSA) is 196 Å². The number of aliphatic hydroxyl groups excluding tert-OH is 4. The van der Waals surface area contributed by atoms with Crippen LogP contribution in [-0.4, -0.2) is 83.5 Å². The normalized spacial score (nSPS) is 22.7. The highest BCUT2D eigenvalue weighted by atomic mass is 16.7. The Balaban J connectivity index is 1.66. The van der Waals surface area contributed by atoms with Gasteiger partial charge in [0.05, 0.1) is 31.1 Å². The van der Waals surface area contributed by atoms with Crippen molar-refractivity contribution in [1.82, 2.24) is 20.3 Å². The van der Waals surface area contributed by atoms with Gasteiger partial charge in [-0.1, -0.05) is 11.3 Å². The number of rotatable bonds is 10. The quantitative estimate of drug-likeness (QED) is 0.220. The maximum absolute atomic E-state index is 12.8. The molecule has 1 fully saturated rings. The van der Waals surface area contributed by atoms with E-state index in [-0.39, 0.29) is 37.5 Å². The highest BCUT2D eigenvalue weighted by Crippen LogP contribution is 2.27. The number of nitrogens with one attached hydrogen (secondary N) is 1. The summed E-state index contributed by atoms with van der Waals surface area (Å²) < 4.78 is 12.3. The van der Waals surface area contributed by atoms with Crippen LogP contribution in [0, 0.1) is 0 Å². The zero-order chi connectivity index (χ0) is 24.0. The van der Waals surface area contributed by atoms with E-state index in [0.717, 1.165) is 0 Å². The van der Waals surface area contributed by atoms with Crippen LogP contribution in [0.4, 0.5) is 0 Å². The number of aliphatic hydroxyl groups is 4. The van der Waals surface area contributed by atoms with Crippen molar-refractivity contribution in [3.05, 3.63) is 41.2 Å². The lowest BCUT2D eigenvalue weighted by atomic mass is 10.0. The number of hydrogen-bond acceptors (Lipinski definition) is 10. The third-order valence-corrected chi connectivity index (χ3v) is 5.01. The zero-order valence-electron chi connectivity index (χ0n) is 17.6. The number of aryl methyl sites for hydroxylation is 1. The fraction of sp³-hybridized carbons (Fsp3) is 0.500. The molecule has 1 aliphatic heterocycles. The van der Waals surface area contributed by atoms with Gasteiger partial charge in [-0.2, -0.15) is 0 Å². The van der Waals surface area contributed by atoms with E-state index in [4.69, 9.17) is 19.7 Å². The monoisotopic (exact) mass is 466 g/mol. The Bertz CT molecular complexity index is 967. The first kappa shape index (κ1) is 24.5. The van der Waals surface area contributed by atoms with Gasteiger partial charge in [0.2, 0.25) is 6.29 Å². The Labute approximate surface area is 188 Å². The van der Waals surface area contributed by atoms with E-state index in [1.807, 2.05) is 0 Å². The minimum Gasteiger partial charge on any atom is -0.479 e. The SMILES string of the molecule is O=C(NCCCn1cc(CO)nn1)c1cc(CO)ccc1O[C@@H]1O[C@H](C(=O)O)C[C@H](O)[C@H]1O. The average molecular weight is 466 g/mol. The lowest BCUT2D eigenvalue weighted by Gasteiger charge is -2.35. The summed E-state index contributed by atoms with van der Waals surface area (Å²) in [6, 6.07) is 4.28. The Kier molecular flexibility index (Phi) is 8.30. The van der Waals surface area contributed by atoms with Gasteiger partial charge in [-0.15, -0.1) is 5.10 Å². The van der Waals surface area contributed by atoms with Gasteiger partial charge < -0.3 is 40.3 Å². The third-order valence-electron chi connectivity index (χ3n) is 5.01. The maximum Gasteiger partial charge on any atom is 0.333 e. The largest absolute Gasteiger partial charge is 0.479 e. The summed E-state index contributed by atoms with van der Waals surface area (Å²) in [5.74, 6) is -1.87. The first-order chi connectivity index (χ1) is 15.8. The lowest BCUT2D eigenvalue weighted by molar-refractivity contribution is -0.238. The van der Waals surface area contributed by atoms with Crippen molar-refractivity contribution in [2.75, 3.05) is 6.54 Å². The smallest absolute Gasteiger partial charge is 0.333 e. The minimum absolute atomic E-state index is 0.0177. The molecule has 1 aliphatic rings. The molecular weight excluding hydrogens is 440 g/mol. The number of carbonyl (C=O) groups excluding carboxylic acids is 1. The van der Waals surface area contributed by atoms with Crippen LogP contribution in [0.25, 0.3) is 0 Å². The van der Waals surface area contributed by atoms with E-state index in [1.54, 1.807) is 6.20 Å². The average Bonchev–Trinajstić information content (AvgIpc) is 3.27. The molecule has 13 nitrogen and oxygen atoms in total. The van der Waals surface area contributed by atoms with E-state index in [2.05, 4.69) is 15.6 Å². The summed E-state index contributed by atoms with van der Waals surface area (Å²) in [4.78, 5) is 24.0. The standard InChI is InChI=1S/C20H26N4O9/c25-9-11-2-3-15(32-20-17(28)14(27)7-16(33-20)19(30)31)13(6-11)18(29)21-4-1-5-24-8-12(10-26)22-23-24/h2-3,6,8,14,16-17,20,25-28H,1,4-5,7,9-10H2,(H,21,29)(H,30,31)/t14-,16-,17+,20+/m0/s1. The van der Waals surface area contributed by atoms with E-state index in [0.29, 0.717) is 24.2 Å². The summed E-state index contributed by atoms with van der Waals surface area (Å²) >= 11 is 0. The maximum atomic E-state index is 12.8. The van der Waals surface area contributed by atoms with Crippen molar-refractivity contribution in [3.63, 3.8) is 0 Å². The second-order valence-electron chi connectivity index (χ2n) is 7.47. The molecule has 33 heavy (non-hydrogen) atoms. The number of aromatic nitrogens is 3. The fourth-order valence-corrected chi connectivity index (χ4v) is 3.23. The number of aliphatic carboxylic acids is 1. The second kappa shape index (κ2) is 11.2. The van der Waals surface area contributed by atoms with Crippen LogP contribution in [-0.2, 0) is 29.3 Å². The number of amides is 1. The molecule has 13 heteroatoms. The molecule has 2 heterocycles. The summed E-state index contributed by atoms with van der Waals surface area (Å²) in [6.45, 7) is 0.162. The molecule has 0 spiro atoms. The molecule has 6 N–H and O–H groups in total. The number of hydrogen-bond donors (Lipinski definition) is 6. The van der Waals surface area contributed by atoms with Crippen LogP contribution in [0.3, 0.4) is 0 Å². The zero-order valence-corrected chi connectivity index (χ0v) is 17.6. The molecule has 0 saturated carbocycles. The molecule has 0 bridgehead atoms. The van der Waals surface area contributed by atoms with Crippen LogP contribution in [0.2, 0.25) is 0 Å². The molecule has 0 aliphatic carbocycles. The van der Waals surface area contributed by atoms with Gasteiger partial charge >= 0.3 is 5.97 Å². The van der Waals surface area contributed by atoms with Crippen molar-refractivity contribution in [2.24, 2.45) is 0 Å². The van der Waals surface area contributed by atoms with Crippen LogP contribution >= 0.6 is 0 Å². The van der Waals surface area contributed by atoms with Crippen LogP contribution in [0.1, 0.15) is 34.5 Å². The van der Waals surface area contributed by atoms with Crippen molar-refractivity contribution in [2.45, 2.75) is 57.2 Å². The summed E-state index contributed by atoms with van der Waals surface area (Å²) in [7, 11) is 0. The summed E-state index contributed by atoms with van der Waals surface area (Å²) in [6.07, 6.45) is -4.03. The molecule has 1 aromatic carbocycles. The van der Waals surface area contributed by atoms with Crippen molar-refractivity contribution >= 4 is 11.9 Å². The Hall–Kier alpha value is -3.10. The minimum atomic E-state index is -1.53. The van der Waals surface area contributed by atoms with Gasteiger partial charge in [-0.05, 0) is 24.1 Å². The Morgan fingerprint density at radius 3 is 2.70 bits per heavy atom. The van der Waals surface area contributed by atoms with E-state index >= 15 is 0 Å². The first-order valence-electron chi connectivity index (χ1n) is 10.2. The van der Waals surface area contributed by atoms with E-state index in [1.165, 1.54) is 22.9 Å². The second-order valence-corrected chi connectivity index (χ2v) is 7.47. The molecule has 3 rings (SSSR count). The number of carboxylic acids is 1. The fourth-order valence-electron chi connectivity index (χ4n) is 3.23. The lowest BCUT2D eigenvalue weighted by Crippen LogP contribution is -2.52. The number of carbonyl (C=O) groups is 2. The van der Waals surface area contributed by atoms with Crippen LogP contribution in [0.15, 0.2) is 24.4 Å². The van der Waals surface area contributed by atoms with Gasteiger partial charge in [-0.3, -0.25) is 9.48 Å². The third kappa shape index (κ3) is 6.24. The predicted octanol–water partition coefficient (Wildman–Crippen LogP) is -1.62. The molecule has 1 saturated heterocycles. The number of ether oxygens (including phenoxy) is 2. The van der Waals surface area contributed by atoms with Crippen molar-refractivity contribution < 1.29 is 44.6 Å². The molecular formula is C20H26N4O9. The number of carboxylic acid groups (broad SMARTS) is 1. The van der Waals surface area contributed by atoms with Crippen molar-refractivity contribution in [3.8, 4) is 5.75 Å². The van der Waals surface area contributed by atoms with E-state index in [9.17, 15) is 24.9 Å². The molecule has 180 valence electrons. The molecule has 1 amide bonds. The van der Waals surface area contributed by atoms with E-state index < -0.39 is 36.5 Å². The van der Waals surface area contributed by atoms with Crippen LogP contribution in [0.5, 0.6) is 5.75 Å². The van der Waals surface area contributed by atoms with Gasteiger partial charge in [-0.25, -0.2) is 4.79 Å². The first-order valence-corrected chi connectivity index (χ1v) is 10.2. The highest BCUT2D eigenvalue weighted by molar-refractivity contribution is 5.97. The van der Waals surface area contributed by atoms with Gasteiger partial charge in [0.1, 0.15) is 17.5 Å². The highest BCUT2D eigenvalue weighted by Gasteiger charge is 2.41.